The molecule has 0 bridgehead atoms. The third-order valence-electron chi connectivity index (χ3n) is 2.18. The van der Waals surface area contributed by atoms with Gasteiger partial charge in [0.15, 0.2) is 0 Å². The van der Waals surface area contributed by atoms with Gasteiger partial charge in [-0.15, -0.1) is 0 Å². The molecule has 0 saturated heterocycles. The Balaban J connectivity index is 2.84. The van der Waals surface area contributed by atoms with Crippen molar-refractivity contribution in [3.63, 3.8) is 0 Å². The van der Waals surface area contributed by atoms with Crippen molar-refractivity contribution in [2.24, 2.45) is 0 Å². The van der Waals surface area contributed by atoms with Gasteiger partial charge in [0, 0.05) is 16.1 Å². The summed E-state index contributed by atoms with van der Waals surface area (Å²) in [5.41, 5.74) is 2.41. The summed E-state index contributed by atoms with van der Waals surface area (Å²) in [6.45, 7) is 2.15. The van der Waals surface area contributed by atoms with Gasteiger partial charge in [-0.3, -0.25) is 4.98 Å². The molecule has 13 heavy (non-hydrogen) atoms. The van der Waals surface area contributed by atoms with Crippen LogP contribution >= 0.6 is 15.9 Å². The van der Waals surface area contributed by atoms with Gasteiger partial charge in [-0.05, 0) is 24.1 Å². The summed E-state index contributed by atoms with van der Waals surface area (Å²) in [4.78, 5) is 4.38. The Kier molecular flexibility index (Phi) is 2.32. The first-order valence-electron chi connectivity index (χ1n) is 4.35. The summed E-state index contributed by atoms with van der Waals surface area (Å²) in [6, 6.07) is 8.26. The van der Waals surface area contributed by atoms with Crippen molar-refractivity contribution in [1.82, 2.24) is 4.98 Å². The predicted molar refractivity (Wildman–Crippen MR) is 58.8 cm³/mol. The molecule has 2 heteroatoms. The number of aromatic nitrogens is 1. The van der Waals surface area contributed by atoms with E-state index in [2.05, 4.69) is 46.0 Å². The Morgan fingerprint density at radius 3 is 2.92 bits per heavy atom. The highest BCUT2D eigenvalue weighted by molar-refractivity contribution is 9.10. The van der Waals surface area contributed by atoms with Crippen LogP contribution in [0.1, 0.15) is 12.5 Å². The Morgan fingerprint density at radius 1 is 1.31 bits per heavy atom. The van der Waals surface area contributed by atoms with Crippen molar-refractivity contribution in [2.45, 2.75) is 13.3 Å². The topological polar surface area (TPSA) is 12.9 Å². The summed E-state index contributed by atoms with van der Waals surface area (Å²) < 4.78 is 1.12. The summed E-state index contributed by atoms with van der Waals surface area (Å²) >= 11 is 3.52. The van der Waals surface area contributed by atoms with E-state index in [-0.39, 0.29) is 0 Å². The average Bonchev–Trinajstić information content (AvgIpc) is 2.19. The van der Waals surface area contributed by atoms with Crippen LogP contribution in [0, 0.1) is 0 Å². The Morgan fingerprint density at radius 2 is 2.15 bits per heavy atom. The van der Waals surface area contributed by atoms with Gasteiger partial charge >= 0.3 is 0 Å². The van der Waals surface area contributed by atoms with Gasteiger partial charge in [0.05, 0.1) is 5.52 Å². The third kappa shape index (κ3) is 1.46. The van der Waals surface area contributed by atoms with Crippen molar-refractivity contribution >= 4 is 26.8 Å². The molecular formula is C11H10BrN. The molecule has 1 aromatic carbocycles. The van der Waals surface area contributed by atoms with E-state index in [1.54, 1.807) is 0 Å². The normalized spacial score (nSPS) is 10.6. The number of fused-ring (bicyclic) bond motifs is 1. The van der Waals surface area contributed by atoms with Gasteiger partial charge in [-0.25, -0.2) is 0 Å². The fourth-order valence-corrected chi connectivity index (χ4v) is 1.93. The van der Waals surface area contributed by atoms with Gasteiger partial charge in [-0.1, -0.05) is 35.0 Å². The molecule has 0 saturated carbocycles. The molecule has 0 fully saturated rings. The van der Waals surface area contributed by atoms with Gasteiger partial charge in [0.1, 0.15) is 0 Å². The molecule has 0 radical (unpaired) electrons. The zero-order chi connectivity index (χ0) is 9.26. The van der Waals surface area contributed by atoms with Gasteiger partial charge in [0.25, 0.3) is 0 Å². The lowest BCUT2D eigenvalue weighted by molar-refractivity contribution is 1.14. The fraction of sp³-hybridized carbons (Fsp3) is 0.182. The summed E-state index contributed by atoms with van der Waals surface area (Å²) in [6.07, 6.45) is 2.87. The highest BCUT2D eigenvalue weighted by Crippen LogP contribution is 2.25. The summed E-state index contributed by atoms with van der Waals surface area (Å²) in [5, 5.41) is 1.20. The zero-order valence-electron chi connectivity index (χ0n) is 7.42. The smallest absolute Gasteiger partial charge is 0.0745 e. The second-order valence-corrected chi connectivity index (χ2v) is 3.81. The zero-order valence-corrected chi connectivity index (χ0v) is 9.01. The van der Waals surface area contributed by atoms with Crippen LogP contribution in [0.4, 0.5) is 0 Å². The molecule has 0 aliphatic heterocycles. The number of hydrogen-bond acceptors (Lipinski definition) is 1. The van der Waals surface area contributed by atoms with Crippen molar-refractivity contribution in [1.29, 1.82) is 0 Å². The molecule has 2 rings (SSSR count). The van der Waals surface area contributed by atoms with Crippen LogP contribution in [-0.2, 0) is 6.42 Å². The lowest BCUT2D eigenvalue weighted by atomic mass is 10.1. The minimum absolute atomic E-state index is 1.03. The van der Waals surface area contributed by atoms with Crippen LogP contribution in [0.3, 0.4) is 0 Å². The number of nitrogens with zero attached hydrogens (tertiary/aromatic N) is 1. The Labute approximate surface area is 85.9 Å². The maximum atomic E-state index is 4.38. The molecule has 1 nitrogen and oxygen atoms in total. The number of halogens is 1. The molecule has 0 spiro atoms. The number of pyridine rings is 1. The van der Waals surface area contributed by atoms with E-state index in [1.807, 2.05) is 12.3 Å². The van der Waals surface area contributed by atoms with E-state index in [1.165, 1.54) is 10.9 Å². The standard InChI is InChI=1S/C11H10BrN/c1-2-8-5-6-10(12)9-4-3-7-13-11(8)9/h3-7H,2H2,1H3. The molecule has 1 heterocycles. The molecule has 0 aliphatic carbocycles. The molecule has 0 amide bonds. The van der Waals surface area contributed by atoms with Crippen molar-refractivity contribution in [3.8, 4) is 0 Å². The summed E-state index contributed by atoms with van der Waals surface area (Å²) in [7, 11) is 0. The highest BCUT2D eigenvalue weighted by atomic mass is 79.9. The maximum Gasteiger partial charge on any atom is 0.0745 e. The largest absolute Gasteiger partial charge is 0.256 e. The minimum atomic E-state index is 1.03. The SMILES string of the molecule is CCc1ccc(Br)c2cccnc12. The highest BCUT2D eigenvalue weighted by Gasteiger charge is 2.02. The van der Waals surface area contributed by atoms with Crippen LogP contribution in [0.15, 0.2) is 34.9 Å². The molecule has 0 atom stereocenters. The first-order valence-corrected chi connectivity index (χ1v) is 5.14. The summed E-state index contributed by atoms with van der Waals surface area (Å²) in [5.74, 6) is 0. The van der Waals surface area contributed by atoms with Crippen molar-refractivity contribution in [3.05, 3.63) is 40.5 Å². The van der Waals surface area contributed by atoms with E-state index in [4.69, 9.17) is 0 Å². The third-order valence-corrected chi connectivity index (χ3v) is 2.87. The van der Waals surface area contributed by atoms with Crippen molar-refractivity contribution in [2.75, 3.05) is 0 Å². The van der Waals surface area contributed by atoms with Crippen LogP contribution < -0.4 is 0 Å². The average molecular weight is 236 g/mol. The molecule has 0 unspecified atom stereocenters. The molecule has 0 N–H and O–H groups in total. The Bertz CT molecular complexity index is 437. The minimum Gasteiger partial charge on any atom is -0.256 e. The van der Waals surface area contributed by atoms with E-state index in [9.17, 15) is 0 Å². The van der Waals surface area contributed by atoms with E-state index >= 15 is 0 Å². The van der Waals surface area contributed by atoms with Gasteiger partial charge in [-0.2, -0.15) is 0 Å². The molecule has 2 aromatic rings. The van der Waals surface area contributed by atoms with E-state index in [0.29, 0.717) is 0 Å². The lowest BCUT2D eigenvalue weighted by Crippen LogP contribution is -1.86. The first kappa shape index (κ1) is 8.70. The monoisotopic (exact) mass is 235 g/mol. The van der Waals surface area contributed by atoms with Crippen molar-refractivity contribution < 1.29 is 0 Å². The second kappa shape index (κ2) is 3.46. The quantitative estimate of drug-likeness (QED) is 0.737. The second-order valence-electron chi connectivity index (χ2n) is 2.96. The van der Waals surface area contributed by atoms with E-state index < -0.39 is 0 Å². The number of benzene rings is 1. The molecule has 1 aromatic heterocycles. The predicted octanol–water partition coefficient (Wildman–Crippen LogP) is 3.56. The lowest BCUT2D eigenvalue weighted by Gasteiger charge is -2.04. The van der Waals surface area contributed by atoms with Crippen LogP contribution in [0.25, 0.3) is 10.9 Å². The maximum absolute atomic E-state index is 4.38. The number of hydrogen-bond donors (Lipinski definition) is 0. The molecule has 66 valence electrons. The molecule has 0 aliphatic rings. The number of aryl methyl sites for hydroxylation is 1. The number of rotatable bonds is 1. The first-order chi connectivity index (χ1) is 6.33. The van der Waals surface area contributed by atoms with Gasteiger partial charge in [0.2, 0.25) is 0 Å². The Hall–Kier alpha value is -0.890. The van der Waals surface area contributed by atoms with Crippen LogP contribution in [0.5, 0.6) is 0 Å². The van der Waals surface area contributed by atoms with Crippen LogP contribution in [0.2, 0.25) is 0 Å². The fourth-order valence-electron chi connectivity index (χ4n) is 1.48. The van der Waals surface area contributed by atoms with Crippen LogP contribution in [-0.4, -0.2) is 4.98 Å². The molecular weight excluding hydrogens is 226 g/mol. The van der Waals surface area contributed by atoms with Gasteiger partial charge < -0.3 is 0 Å². The van der Waals surface area contributed by atoms with E-state index in [0.717, 1.165) is 16.4 Å².